The number of hydrogen-bond donors (Lipinski definition) is 1. The fraction of sp³-hybridized carbons (Fsp3) is 0.517. The molecule has 2 saturated carbocycles. The van der Waals surface area contributed by atoms with Crippen molar-refractivity contribution in [2.45, 2.75) is 69.5 Å². The summed E-state index contributed by atoms with van der Waals surface area (Å²) >= 11 is 0. The van der Waals surface area contributed by atoms with Gasteiger partial charge < -0.3 is 9.84 Å². The first kappa shape index (κ1) is 30.2. The van der Waals surface area contributed by atoms with Crippen molar-refractivity contribution in [1.82, 2.24) is 0 Å². The number of aliphatic hydroxyl groups is 1. The Morgan fingerprint density at radius 2 is 1.60 bits per heavy atom. The molecule has 11 heteroatoms. The number of aliphatic imine (C=N–C) groups is 1. The second kappa shape index (κ2) is 12.0. The lowest BCUT2D eigenvalue weighted by Crippen LogP contribution is -2.41. The molecule has 0 unspecified atom stereocenters. The zero-order valence-electron chi connectivity index (χ0n) is 21.7. The van der Waals surface area contributed by atoms with E-state index < -0.39 is 47.4 Å². The lowest BCUT2D eigenvalue weighted by Gasteiger charge is -2.43. The minimum absolute atomic E-state index is 0.0763. The maximum Gasteiger partial charge on any atom is 0.416 e. The lowest BCUT2D eigenvalue weighted by molar-refractivity contribution is -0.143. The van der Waals surface area contributed by atoms with E-state index in [1.54, 1.807) is 12.1 Å². The SMILES string of the molecule is C[C@@H](O[C@H]1CC[C@H](CO)[C@@H](CN=C2CCC(=O)C2)[C@@H]1c1ccc(F)cc1)c1cc(C(F)(F)F)cc(C(F)(F)F)c1. The molecule has 2 aliphatic rings. The van der Waals surface area contributed by atoms with Gasteiger partial charge in [0.2, 0.25) is 0 Å². The van der Waals surface area contributed by atoms with Crippen LogP contribution < -0.4 is 0 Å². The average molecular weight is 574 g/mol. The number of alkyl halides is 6. The highest BCUT2D eigenvalue weighted by Crippen LogP contribution is 2.45. The molecular formula is C29H30F7NO3. The summed E-state index contributed by atoms with van der Waals surface area (Å²) in [7, 11) is 0. The van der Waals surface area contributed by atoms with E-state index in [0.717, 1.165) is 5.71 Å². The minimum Gasteiger partial charge on any atom is -0.396 e. The number of benzene rings is 2. The van der Waals surface area contributed by atoms with Crippen molar-refractivity contribution in [1.29, 1.82) is 0 Å². The van der Waals surface area contributed by atoms with E-state index in [2.05, 4.69) is 4.99 Å². The molecule has 1 N–H and O–H groups in total. The van der Waals surface area contributed by atoms with Gasteiger partial charge in [0.15, 0.2) is 0 Å². The van der Waals surface area contributed by atoms with Crippen molar-refractivity contribution in [3.8, 4) is 0 Å². The van der Waals surface area contributed by atoms with Crippen LogP contribution in [0.15, 0.2) is 47.5 Å². The second-order valence-corrected chi connectivity index (χ2v) is 10.5. The maximum absolute atomic E-state index is 13.8. The van der Waals surface area contributed by atoms with Crippen molar-refractivity contribution >= 4 is 11.5 Å². The van der Waals surface area contributed by atoms with Crippen LogP contribution in [0.4, 0.5) is 30.7 Å². The number of carbonyl (C=O) groups excluding carboxylic acids is 1. The first-order valence-electron chi connectivity index (χ1n) is 13.1. The molecule has 5 atom stereocenters. The van der Waals surface area contributed by atoms with Crippen LogP contribution in [-0.2, 0) is 21.9 Å². The Hall–Kier alpha value is -2.79. The van der Waals surface area contributed by atoms with Crippen LogP contribution in [0.3, 0.4) is 0 Å². The van der Waals surface area contributed by atoms with Gasteiger partial charge in [-0.25, -0.2) is 4.39 Å². The standard InChI is InChI=1S/C29H30F7NO3/c1-16(19-10-20(28(31,32)33)12-21(11-19)29(34,35)36)40-26-9-4-18(15-38)25(14-37-23-7-8-24(39)13-23)27(26)17-2-5-22(30)6-3-17/h2-3,5-6,10-12,16,18,25-27,38H,4,7-9,13-15H2,1H3/t16-,18-,25-,26+,27+/m1/s1. The molecule has 4 nitrogen and oxygen atoms in total. The van der Waals surface area contributed by atoms with Crippen molar-refractivity contribution in [2.75, 3.05) is 13.2 Å². The highest BCUT2D eigenvalue weighted by molar-refractivity contribution is 6.08. The van der Waals surface area contributed by atoms with E-state index in [4.69, 9.17) is 4.74 Å². The van der Waals surface area contributed by atoms with Crippen LogP contribution >= 0.6 is 0 Å². The fourth-order valence-electron chi connectivity index (χ4n) is 5.74. The largest absolute Gasteiger partial charge is 0.416 e. The van der Waals surface area contributed by atoms with Crippen LogP contribution in [0.2, 0.25) is 0 Å². The highest BCUT2D eigenvalue weighted by Gasteiger charge is 2.42. The first-order chi connectivity index (χ1) is 18.8. The molecule has 2 aliphatic carbocycles. The number of aliphatic hydroxyl groups excluding tert-OH is 1. The van der Waals surface area contributed by atoms with Crippen molar-refractivity contribution < 1.29 is 45.4 Å². The van der Waals surface area contributed by atoms with E-state index >= 15 is 0 Å². The van der Waals surface area contributed by atoms with E-state index in [-0.39, 0.29) is 48.8 Å². The number of hydrogen-bond acceptors (Lipinski definition) is 4. The second-order valence-electron chi connectivity index (χ2n) is 10.5. The molecule has 2 fully saturated rings. The van der Waals surface area contributed by atoms with Gasteiger partial charge in [0.25, 0.3) is 0 Å². The third kappa shape index (κ3) is 7.09. The number of nitrogens with zero attached hydrogens (tertiary/aromatic N) is 1. The molecule has 40 heavy (non-hydrogen) atoms. The molecule has 0 saturated heterocycles. The summed E-state index contributed by atoms with van der Waals surface area (Å²) in [5.74, 6) is -1.42. The van der Waals surface area contributed by atoms with Gasteiger partial charge in [-0.1, -0.05) is 12.1 Å². The van der Waals surface area contributed by atoms with E-state index in [0.29, 0.717) is 43.4 Å². The van der Waals surface area contributed by atoms with Crippen LogP contribution in [0.5, 0.6) is 0 Å². The Morgan fingerprint density at radius 3 is 2.12 bits per heavy atom. The summed E-state index contributed by atoms with van der Waals surface area (Å²) in [6, 6.07) is 7.04. The molecule has 2 aromatic rings. The van der Waals surface area contributed by atoms with Gasteiger partial charge in [-0.05, 0) is 79.5 Å². The lowest BCUT2D eigenvalue weighted by atomic mass is 9.68. The van der Waals surface area contributed by atoms with Gasteiger partial charge in [0.1, 0.15) is 11.6 Å². The minimum atomic E-state index is -4.99. The quantitative estimate of drug-likeness (QED) is 0.354. The zero-order chi connectivity index (χ0) is 29.2. The van der Waals surface area contributed by atoms with E-state index in [1.165, 1.54) is 19.1 Å². The van der Waals surface area contributed by atoms with E-state index in [1.807, 2.05) is 0 Å². The summed E-state index contributed by atoms with van der Waals surface area (Å²) in [6.07, 6.45) is -9.71. The molecular weight excluding hydrogens is 543 g/mol. The zero-order valence-corrected chi connectivity index (χ0v) is 21.7. The Morgan fingerprint density at radius 1 is 0.975 bits per heavy atom. The summed E-state index contributed by atoms with van der Waals surface area (Å²) in [6.45, 7) is 1.47. The van der Waals surface area contributed by atoms with Gasteiger partial charge in [-0.3, -0.25) is 9.79 Å². The smallest absolute Gasteiger partial charge is 0.396 e. The molecule has 218 valence electrons. The number of ether oxygens (including phenoxy) is 1. The van der Waals surface area contributed by atoms with Crippen LogP contribution in [-0.4, -0.2) is 35.9 Å². The normalized spacial score (nSPS) is 25.9. The average Bonchev–Trinajstić information content (AvgIpc) is 3.31. The Kier molecular flexibility index (Phi) is 9.04. The van der Waals surface area contributed by atoms with Crippen molar-refractivity contribution in [2.24, 2.45) is 16.8 Å². The summed E-state index contributed by atoms with van der Waals surface area (Å²) in [4.78, 5) is 16.3. The number of Topliss-reactive ketones (excluding diaryl/α,β-unsaturated/α-hetero) is 1. The van der Waals surface area contributed by atoms with Gasteiger partial charge in [0, 0.05) is 37.6 Å². The van der Waals surface area contributed by atoms with Crippen LogP contribution in [0, 0.1) is 17.7 Å². The molecule has 0 spiro atoms. The molecule has 0 aromatic heterocycles. The third-order valence-corrected chi connectivity index (χ3v) is 7.86. The summed E-state index contributed by atoms with van der Waals surface area (Å²) in [5, 5.41) is 10.1. The predicted octanol–water partition coefficient (Wildman–Crippen LogP) is 7.31. The van der Waals surface area contributed by atoms with Gasteiger partial charge in [0.05, 0.1) is 23.3 Å². The Balaban J connectivity index is 1.68. The molecule has 0 bridgehead atoms. The maximum atomic E-state index is 13.8. The van der Waals surface area contributed by atoms with Crippen molar-refractivity contribution in [3.05, 3.63) is 70.5 Å². The third-order valence-electron chi connectivity index (χ3n) is 7.86. The summed E-state index contributed by atoms with van der Waals surface area (Å²) < 4.78 is 101. The van der Waals surface area contributed by atoms with Gasteiger partial charge in [-0.15, -0.1) is 0 Å². The Labute approximate surface area is 227 Å². The summed E-state index contributed by atoms with van der Waals surface area (Å²) in [5.41, 5.74) is -1.71. The number of carbonyl (C=O) groups is 1. The monoisotopic (exact) mass is 573 g/mol. The Bertz CT molecular complexity index is 1190. The first-order valence-corrected chi connectivity index (χ1v) is 13.1. The predicted molar refractivity (Wildman–Crippen MR) is 133 cm³/mol. The molecule has 2 aromatic carbocycles. The number of ketones is 1. The molecule has 0 radical (unpaired) electrons. The molecule has 0 aliphatic heterocycles. The van der Waals surface area contributed by atoms with Crippen molar-refractivity contribution in [3.63, 3.8) is 0 Å². The van der Waals surface area contributed by atoms with Crippen LogP contribution in [0.25, 0.3) is 0 Å². The molecule has 0 heterocycles. The topological polar surface area (TPSA) is 58.9 Å². The van der Waals surface area contributed by atoms with E-state index in [9.17, 15) is 40.6 Å². The highest BCUT2D eigenvalue weighted by atomic mass is 19.4. The molecule has 4 rings (SSSR count). The van der Waals surface area contributed by atoms with Gasteiger partial charge in [-0.2, -0.15) is 26.3 Å². The fourth-order valence-corrected chi connectivity index (χ4v) is 5.74. The van der Waals surface area contributed by atoms with Crippen LogP contribution in [0.1, 0.15) is 73.3 Å². The number of rotatable bonds is 7. The van der Waals surface area contributed by atoms with Gasteiger partial charge >= 0.3 is 12.4 Å². The number of halogens is 7. The molecule has 0 amide bonds.